The molecule has 0 atom stereocenters. The second kappa shape index (κ2) is 6.40. The molecule has 3 aromatic rings. The van der Waals surface area contributed by atoms with Crippen LogP contribution >= 0.6 is 0 Å². The summed E-state index contributed by atoms with van der Waals surface area (Å²) in [5, 5.41) is 13.8. The average molecular weight is 343 g/mol. The number of carbonyl (C=O) groups excluding carboxylic acids is 1. The van der Waals surface area contributed by atoms with Gasteiger partial charge in [-0.05, 0) is 49.8 Å². The first kappa shape index (κ1) is 16.0. The van der Waals surface area contributed by atoms with Crippen molar-refractivity contribution in [2.45, 2.75) is 13.8 Å². The van der Waals surface area contributed by atoms with Gasteiger partial charge in [-0.15, -0.1) is 5.10 Å². The summed E-state index contributed by atoms with van der Waals surface area (Å²) in [4.78, 5) is 12.7. The highest BCUT2D eigenvalue weighted by Crippen LogP contribution is 2.24. The topological polar surface area (TPSA) is 63.4 Å². The van der Waals surface area contributed by atoms with Crippen molar-refractivity contribution in [1.82, 2.24) is 15.0 Å². The highest BCUT2D eigenvalue weighted by molar-refractivity contribution is 6.32. The maximum atomic E-state index is 12.7. The van der Waals surface area contributed by atoms with Crippen molar-refractivity contribution >= 4 is 23.4 Å². The van der Waals surface area contributed by atoms with Crippen LogP contribution in [0.25, 0.3) is 11.8 Å². The molecule has 0 radical (unpaired) electrons. The molecule has 128 valence electrons. The summed E-state index contributed by atoms with van der Waals surface area (Å²) < 4.78 is 1.77. The smallest absolute Gasteiger partial charge is 0.267 e. The number of para-hydroxylation sites is 1. The fourth-order valence-electron chi connectivity index (χ4n) is 2.85. The fourth-order valence-corrected chi connectivity index (χ4v) is 2.85. The normalized spacial score (nSPS) is 15.6. The molecule has 2 heterocycles. The first-order chi connectivity index (χ1) is 12.6. The highest BCUT2D eigenvalue weighted by atomic mass is 16.2. The van der Waals surface area contributed by atoms with Gasteiger partial charge in [-0.1, -0.05) is 35.5 Å². The number of hydrogen-bond donors (Lipinski definition) is 0. The molecule has 26 heavy (non-hydrogen) atoms. The predicted molar refractivity (Wildman–Crippen MR) is 101 cm³/mol. The Kier molecular flexibility index (Phi) is 3.93. The Balaban J connectivity index is 1.62. The maximum absolute atomic E-state index is 12.7. The molecule has 1 aromatic heterocycles. The van der Waals surface area contributed by atoms with E-state index < -0.39 is 0 Å². The van der Waals surface area contributed by atoms with Gasteiger partial charge in [0.2, 0.25) is 0 Å². The molecule has 0 bridgehead atoms. The van der Waals surface area contributed by atoms with E-state index in [2.05, 4.69) is 15.4 Å². The van der Waals surface area contributed by atoms with Crippen LogP contribution in [-0.4, -0.2) is 26.6 Å². The summed E-state index contributed by atoms with van der Waals surface area (Å²) in [5.41, 5.74) is 4.88. The number of hydrogen-bond acceptors (Lipinski definition) is 4. The van der Waals surface area contributed by atoms with Crippen molar-refractivity contribution < 1.29 is 4.79 Å². The largest absolute Gasteiger partial charge is 0.280 e. The number of benzene rings is 2. The van der Waals surface area contributed by atoms with Gasteiger partial charge >= 0.3 is 0 Å². The third kappa shape index (κ3) is 2.82. The lowest BCUT2D eigenvalue weighted by Gasteiger charge is -2.11. The summed E-state index contributed by atoms with van der Waals surface area (Å²) >= 11 is 0. The lowest BCUT2D eigenvalue weighted by Crippen LogP contribution is -2.21. The Morgan fingerprint density at radius 3 is 2.31 bits per heavy atom. The number of aryl methyl sites for hydroxylation is 1. The van der Waals surface area contributed by atoms with Crippen molar-refractivity contribution in [1.29, 1.82) is 0 Å². The molecule has 0 fully saturated rings. The molecule has 0 N–H and O–H groups in total. The minimum absolute atomic E-state index is 0.120. The Morgan fingerprint density at radius 2 is 1.65 bits per heavy atom. The summed E-state index contributed by atoms with van der Waals surface area (Å²) in [5.74, 6) is -0.120. The monoisotopic (exact) mass is 343 g/mol. The first-order valence-corrected chi connectivity index (χ1v) is 8.28. The number of carbonyl (C=O) groups is 1. The SMILES string of the molecule is CC1=NN(c2ccccc2)C(=O)/C1=C\c1ccc(-n2nncc2C)cc1. The van der Waals surface area contributed by atoms with Gasteiger partial charge in [-0.25, -0.2) is 4.68 Å². The van der Waals surface area contributed by atoms with Crippen LogP contribution in [0.15, 0.2) is 71.5 Å². The van der Waals surface area contributed by atoms with Gasteiger partial charge in [0.1, 0.15) is 0 Å². The van der Waals surface area contributed by atoms with Crippen molar-refractivity contribution in [3.63, 3.8) is 0 Å². The number of rotatable bonds is 3. The third-order valence-electron chi connectivity index (χ3n) is 4.23. The van der Waals surface area contributed by atoms with E-state index in [1.165, 1.54) is 5.01 Å². The van der Waals surface area contributed by atoms with E-state index in [-0.39, 0.29) is 5.91 Å². The second-order valence-electron chi connectivity index (χ2n) is 6.07. The van der Waals surface area contributed by atoms with Gasteiger partial charge in [-0.2, -0.15) is 10.1 Å². The van der Waals surface area contributed by atoms with Gasteiger partial charge in [0, 0.05) is 0 Å². The third-order valence-corrected chi connectivity index (χ3v) is 4.23. The molecule has 0 unspecified atom stereocenters. The van der Waals surface area contributed by atoms with E-state index in [9.17, 15) is 4.79 Å². The Labute approximate surface area is 151 Å². The average Bonchev–Trinajstić information content (AvgIpc) is 3.21. The molecule has 4 rings (SSSR count). The van der Waals surface area contributed by atoms with E-state index in [1.807, 2.05) is 74.5 Å². The van der Waals surface area contributed by atoms with Gasteiger partial charge in [-0.3, -0.25) is 4.79 Å². The summed E-state index contributed by atoms with van der Waals surface area (Å²) in [7, 11) is 0. The number of hydrazone groups is 1. The zero-order valence-corrected chi connectivity index (χ0v) is 14.5. The molecular formula is C20H17N5O. The van der Waals surface area contributed by atoms with Crippen molar-refractivity contribution in [3.05, 3.63) is 77.6 Å². The second-order valence-corrected chi connectivity index (χ2v) is 6.07. The zero-order valence-electron chi connectivity index (χ0n) is 14.5. The van der Waals surface area contributed by atoms with E-state index in [4.69, 9.17) is 0 Å². The van der Waals surface area contributed by atoms with Crippen molar-refractivity contribution in [3.8, 4) is 5.69 Å². The minimum atomic E-state index is -0.120. The Hall–Kier alpha value is -3.54. The lowest BCUT2D eigenvalue weighted by molar-refractivity contribution is -0.114. The van der Waals surface area contributed by atoms with Gasteiger partial charge in [0.25, 0.3) is 5.91 Å². The number of amides is 1. The molecule has 1 aliphatic heterocycles. The molecule has 1 aliphatic rings. The molecular weight excluding hydrogens is 326 g/mol. The molecule has 2 aromatic carbocycles. The number of anilines is 1. The molecule has 0 saturated carbocycles. The van der Waals surface area contributed by atoms with Crippen LogP contribution in [-0.2, 0) is 4.79 Å². The van der Waals surface area contributed by atoms with Crippen LogP contribution < -0.4 is 5.01 Å². The van der Waals surface area contributed by atoms with E-state index in [0.717, 1.165) is 22.6 Å². The first-order valence-electron chi connectivity index (χ1n) is 8.28. The van der Waals surface area contributed by atoms with Crippen LogP contribution in [0.3, 0.4) is 0 Å². The molecule has 0 saturated heterocycles. The summed E-state index contributed by atoms with van der Waals surface area (Å²) in [6, 6.07) is 17.2. The molecule has 1 amide bonds. The molecule has 0 spiro atoms. The van der Waals surface area contributed by atoms with Crippen LogP contribution in [0, 0.1) is 6.92 Å². The fraction of sp³-hybridized carbons (Fsp3) is 0.100. The lowest BCUT2D eigenvalue weighted by atomic mass is 10.1. The predicted octanol–water partition coefficient (Wildman–Crippen LogP) is 3.38. The maximum Gasteiger partial charge on any atom is 0.280 e. The molecule has 6 nitrogen and oxygen atoms in total. The number of nitrogens with zero attached hydrogens (tertiary/aromatic N) is 5. The quantitative estimate of drug-likeness (QED) is 0.685. The Bertz CT molecular complexity index is 1020. The zero-order chi connectivity index (χ0) is 18.1. The molecule has 0 aliphatic carbocycles. The van der Waals surface area contributed by atoms with Crippen molar-refractivity contribution in [2.75, 3.05) is 5.01 Å². The van der Waals surface area contributed by atoms with Crippen LogP contribution in [0.4, 0.5) is 5.69 Å². The highest BCUT2D eigenvalue weighted by Gasteiger charge is 2.28. The van der Waals surface area contributed by atoms with Gasteiger partial charge < -0.3 is 0 Å². The summed E-state index contributed by atoms with van der Waals surface area (Å²) in [6.07, 6.45) is 3.58. The van der Waals surface area contributed by atoms with Crippen molar-refractivity contribution in [2.24, 2.45) is 5.10 Å². The van der Waals surface area contributed by atoms with E-state index in [1.54, 1.807) is 10.9 Å². The van der Waals surface area contributed by atoms with E-state index in [0.29, 0.717) is 11.3 Å². The molecule has 6 heteroatoms. The van der Waals surface area contributed by atoms with Gasteiger partial charge in [0.15, 0.2) is 0 Å². The number of aromatic nitrogens is 3. The Morgan fingerprint density at radius 1 is 0.923 bits per heavy atom. The van der Waals surface area contributed by atoms with Gasteiger partial charge in [0.05, 0.1) is 34.6 Å². The van der Waals surface area contributed by atoms with E-state index >= 15 is 0 Å². The van der Waals surface area contributed by atoms with Crippen LogP contribution in [0.2, 0.25) is 0 Å². The van der Waals surface area contributed by atoms with Crippen LogP contribution in [0.5, 0.6) is 0 Å². The standard InChI is InChI=1S/C20H17N5O/c1-14-13-21-23-24(14)18-10-8-16(9-11-18)12-19-15(2)22-25(20(19)26)17-6-4-3-5-7-17/h3-13H,1-2H3/b19-12-. The minimum Gasteiger partial charge on any atom is -0.267 e. The summed E-state index contributed by atoms with van der Waals surface area (Å²) in [6.45, 7) is 3.80. The van der Waals surface area contributed by atoms with Crippen LogP contribution in [0.1, 0.15) is 18.2 Å².